The lowest BCUT2D eigenvalue weighted by atomic mass is 10.0. The maximum Gasteiger partial charge on any atom is 0.250 e. The van der Waals surface area contributed by atoms with E-state index in [1.54, 1.807) is 12.4 Å². The molecule has 5 nitrogen and oxygen atoms in total. The van der Waals surface area contributed by atoms with Crippen LogP contribution in [0.5, 0.6) is 0 Å². The number of aromatic nitrogens is 1. The number of rotatable bonds is 4. The van der Waals surface area contributed by atoms with Crippen molar-refractivity contribution in [2.45, 2.75) is 25.5 Å². The van der Waals surface area contributed by atoms with E-state index in [4.69, 9.17) is 9.15 Å². The molecule has 3 atom stereocenters. The molecule has 1 fully saturated rings. The van der Waals surface area contributed by atoms with E-state index in [9.17, 15) is 4.79 Å². The molecule has 1 amide bonds. The first kappa shape index (κ1) is 15.8. The van der Waals surface area contributed by atoms with Crippen molar-refractivity contribution in [1.29, 1.82) is 0 Å². The molecule has 1 aliphatic heterocycles. The van der Waals surface area contributed by atoms with E-state index in [1.165, 1.54) is 0 Å². The number of nitrogens with one attached hydrogen (secondary N) is 1. The third-order valence-electron chi connectivity index (χ3n) is 4.70. The Balaban J connectivity index is 1.68. The molecule has 0 bridgehead atoms. The zero-order valence-electron chi connectivity index (χ0n) is 14.0. The predicted molar refractivity (Wildman–Crippen MR) is 94.0 cm³/mol. The number of carbonyl (C=O) groups is 1. The summed E-state index contributed by atoms with van der Waals surface area (Å²) in [5, 5.41) is 4.11. The minimum Gasteiger partial charge on any atom is -0.459 e. The highest BCUT2D eigenvalue weighted by atomic mass is 16.5. The minimum absolute atomic E-state index is 0.104. The molecule has 2 aromatic heterocycles. The van der Waals surface area contributed by atoms with Crippen molar-refractivity contribution in [2.24, 2.45) is 5.92 Å². The van der Waals surface area contributed by atoms with Gasteiger partial charge in [0.25, 0.3) is 0 Å². The van der Waals surface area contributed by atoms with E-state index >= 15 is 0 Å². The van der Waals surface area contributed by atoms with E-state index in [0.29, 0.717) is 12.4 Å². The Kier molecular flexibility index (Phi) is 4.24. The van der Waals surface area contributed by atoms with Gasteiger partial charge in [-0.05, 0) is 42.2 Å². The van der Waals surface area contributed by atoms with Gasteiger partial charge >= 0.3 is 0 Å². The summed E-state index contributed by atoms with van der Waals surface area (Å²) < 4.78 is 11.6. The van der Waals surface area contributed by atoms with Crippen LogP contribution in [0.15, 0.2) is 59.3 Å². The summed E-state index contributed by atoms with van der Waals surface area (Å²) in [5.41, 5.74) is 1.73. The number of furan rings is 1. The van der Waals surface area contributed by atoms with Crippen molar-refractivity contribution >= 4 is 16.9 Å². The molecular weight excluding hydrogens is 316 g/mol. The second kappa shape index (κ2) is 6.69. The quantitative estimate of drug-likeness (QED) is 0.792. The van der Waals surface area contributed by atoms with E-state index < -0.39 is 6.10 Å². The lowest BCUT2D eigenvalue weighted by Crippen LogP contribution is -2.39. The van der Waals surface area contributed by atoms with Crippen LogP contribution in [-0.2, 0) is 9.53 Å². The van der Waals surface area contributed by atoms with E-state index in [2.05, 4.69) is 10.3 Å². The summed E-state index contributed by atoms with van der Waals surface area (Å²) in [6, 6.07) is 13.2. The molecule has 1 aromatic carbocycles. The lowest BCUT2D eigenvalue weighted by Gasteiger charge is -2.21. The second-order valence-electron chi connectivity index (χ2n) is 6.47. The van der Waals surface area contributed by atoms with Crippen LogP contribution in [0.1, 0.15) is 30.7 Å². The van der Waals surface area contributed by atoms with Crippen molar-refractivity contribution in [1.82, 2.24) is 10.3 Å². The molecule has 0 spiro atoms. The van der Waals surface area contributed by atoms with Gasteiger partial charge in [0.1, 0.15) is 23.5 Å². The molecule has 3 heterocycles. The molecule has 25 heavy (non-hydrogen) atoms. The molecule has 0 saturated carbocycles. The molecule has 5 heteroatoms. The van der Waals surface area contributed by atoms with Crippen LogP contribution in [0.2, 0.25) is 0 Å². The highest BCUT2D eigenvalue weighted by Gasteiger charge is 2.33. The van der Waals surface area contributed by atoms with E-state index in [0.717, 1.165) is 23.0 Å². The first-order valence-electron chi connectivity index (χ1n) is 8.53. The fraction of sp³-hybridized carbons (Fsp3) is 0.300. The number of pyridine rings is 1. The number of hydrogen-bond acceptors (Lipinski definition) is 4. The van der Waals surface area contributed by atoms with Gasteiger partial charge in [-0.25, -0.2) is 0 Å². The Morgan fingerprint density at radius 3 is 2.76 bits per heavy atom. The van der Waals surface area contributed by atoms with Crippen molar-refractivity contribution in [3.05, 3.63) is 66.2 Å². The third-order valence-corrected chi connectivity index (χ3v) is 4.70. The summed E-state index contributed by atoms with van der Waals surface area (Å²) in [6.45, 7) is 2.67. The molecule has 1 N–H and O–H groups in total. The molecule has 0 radical (unpaired) electrons. The normalized spacial score (nSPS) is 21.3. The van der Waals surface area contributed by atoms with E-state index in [1.807, 2.05) is 49.4 Å². The summed E-state index contributed by atoms with van der Waals surface area (Å²) in [4.78, 5) is 16.8. The summed E-state index contributed by atoms with van der Waals surface area (Å²) in [5.74, 6) is 0.812. The van der Waals surface area contributed by atoms with Gasteiger partial charge in [0, 0.05) is 24.4 Å². The fourth-order valence-electron chi connectivity index (χ4n) is 3.27. The number of fused-ring (bicyclic) bond motifs is 1. The standard InChI is InChI=1S/C20H20N2O3/c1-13-8-11-24-19(13)20(23)22-18(14-6-9-21-10-7-14)17-12-15-4-2-3-5-16(15)25-17/h2-7,9-10,12-13,18-19H,8,11H2,1H3,(H,22,23)/t13-,18-,19+/m1/s1. The number of amides is 1. The average Bonchev–Trinajstić information content (AvgIpc) is 3.26. The topological polar surface area (TPSA) is 64.4 Å². The number of hydrogen-bond donors (Lipinski definition) is 1. The molecule has 0 unspecified atom stereocenters. The van der Waals surface area contributed by atoms with Crippen molar-refractivity contribution in [3.63, 3.8) is 0 Å². The van der Waals surface area contributed by atoms with E-state index in [-0.39, 0.29) is 17.9 Å². The first-order chi connectivity index (χ1) is 12.2. The van der Waals surface area contributed by atoms with Crippen molar-refractivity contribution < 1.29 is 13.9 Å². The van der Waals surface area contributed by atoms with Crippen molar-refractivity contribution in [3.8, 4) is 0 Å². The molecule has 1 saturated heterocycles. The Hall–Kier alpha value is -2.66. The zero-order chi connectivity index (χ0) is 17.2. The van der Waals surface area contributed by atoms with Gasteiger partial charge < -0.3 is 14.5 Å². The average molecular weight is 336 g/mol. The van der Waals surface area contributed by atoms with Crippen LogP contribution in [0.4, 0.5) is 0 Å². The fourth-order valence-corrected chi connectivity index (χ4v) is 3.27. The molecule has 0 aliphatic carbocycles. The van der Waals surface area contributed by atoms with Crippen LogP contribution in [0.3, 0.4) is 0 Å². The van der Waals surface area contributed by atoms with Gasteiger partial charge in [-0.15, -0.1) is 0 Å². The third kappa shape index (κ3) is 3.15. The van der Waals surface area contributed by atoms with Crippen LogP contribution >= 0.6 is 0 Å². The maximum absolute atomic E-state index is 12.7. The van der Waals surface area contributed by atoms with Gasteiger partial charge in [-0.2, -0.15) is 0 Å². The molecule has 4 rings (SSSR count). The Morgan fingerprint density at radius 1 is 1.24 bits per heavy atom. The largest absolute Gasteiger partial charge is 0.459 e. The Morgan fingerprint density at radius 2 is 2.04 bits per heavy atom. The number of nitrogens with zero attached hydrogens (tertiary/aromatic N) is 1. The van der Waals surface area contributed by atoms with Crippen LogP contribution < -0.4 is 5.32 Å². The van der Waals surface area contributed by atoms with Crippen molar-refractivity contribution in [2.75, 3.05) is 6.61 Å². The Labute approximate surface area is 146 Å². The predicted octanol–water partition coefficient (Wildman–Crippen LogP) is 3.46. The molecule has 3 aromatic rings. The SMILES string of the molecule is C[C@@H]1CCO[C@@H]1C(=O)N[C@H](c1ccncc1)c1cc2ccccc2o1. The monoisotopic (exact) mass is 336 g/mol. The number of benzene rings is 1. The summed E-state index contributed by atoms with van der Waals surface area (Å²) in [6.07, 6.45) is 3.93. The summed E-state index contributed by atoms with van der Waals surface area (Å²) in [7, 11) is 0. The molecular formula is C20H20N2O3. The highest BCUT2D eigenvalue weighted by Crippen LogP contribution is 2.29. The molecule has 128 valence electrons. The van der Waals surface area contributed by atoms with Gasteiger partial charge in [0.05, 0.1) is 0 Å². The zero-order valence-corrected chi connectivity index (χ0v) is 14.0. The Bertz CT molecular complexity index is 842. The molecule has 1 aliphatic rings. The van der Waals surface area contributed by atoms with Crippen LogP contribution in [0, 0.1) is 5.92 Å². The lowest BCUT2D eigenvalue weighted by molar-refractivity contribution is -0.132. The highest BCUT2D eigenvalue weighted by molar-refractivity contribution is 5.83. The van der Waals surface area contributed by atoms with Gasteiger partial charge in [-0.1, -0.05) is 25.1 Å². The van der Waals surface area contributed by atoms with Gasteiger partial charge in [-0.3, -0.25) is 9.78 Å². The van der Waals surface area contributed by atoms with Gasteiger partial charge in [0.2, 0.25) is 5.91 Å². The smallest absolute Gasteiger partial charge is 0.250 e. The summed E-state index contributed by atoms with van der Waals surface area (Å²) >= 11 is 0. The second-order valence-corrected chi connectivity index (χ2v) is 6.47. The first-order valence-corrected chi connectivity index (χ1v) is 8.53. The van der Waals surface area contributed by atoms with Crippen LogP contribution in [0.25, 0.3) is 11.0 Å². The van der Waals surface area contributed by atoms with Crippen LogP contribution in [-0.4, -0.2) is 23.6 Å². The number of ether oxygens (including phenoxy) is 1. The minimum atomic E-state index is -0.409. The van der Waals surface area contributed by atoms with Gasteiger partial charge in [0.15, 0.2) is 0 Å². The number of para-hydroxylation sites is 1. The maximum atomic E-state index is 12.7. The number of carbonyl (C=O) groups excluding carboxylic acids is 1.